The molecule has 41 nitrogen and oxygen atoms in total. The van der Waals surface area contributed by atoms with Gasteiger partial charge in [-0.05, 0) is 95.6 Å². The molecule has 0 aromatic heterocycles. The van der Waals surface area contributed by atoms with Crippen molar-refractivity contribution in [2.24, 2.45) is 35.3 Å². The van der Waals surface area contributed by atoms with Crippen LogP contribution >= 0.6 is 11.8 Å². The zero-order valence-corrected chi connectivity index (χ0v) is 66.1. The molecule has 1 aliphatic heterocycles. The first kappa shape index (κ1) is 103. The van der Waals surface area contributed by atoms with Gasteiger partial charge in [-0.3, -0.25) is 110 Å². The predicted octanol–water partition coefficient (Wildman–Crippen LogP) is 0.402. The molecule has 0 radical (unpaired) electrons. The van der Waals surface area contributed by atoms with Crippen LogP contribution in [0.4, 0.5) is 0 Å². The number of carboxylic acids is 9. The molecule has 0 saturated carbocycles. The minimum absolute atomic E-state index is 0.0877. The fraction of sp³-hybridized carbons (Fsp3) is 0.689. The second-order valence-corrected chi connectivity index (χ2v) is 29.5. The summed E-state index contributed by atoms with van der Waals surface area (Å²) >= 11 is 1.36. The van der Waals surface area contributed by atoms with Crippen molar-refractivity contribution in [3.05, 3.63) is 0 Å². The van der Waals surface area contributed by atoms with E-state index in [4.69, 9.17) is 15.6 Å². The zero-order chi connectivity index (χ0) is 88.1. The molecule has 7 amide bonds. The number of rotatable bonds is 67. The summed E-state index contributed by atoms with van der Waals surface area (Å²) in [4.78, 5) is 299. The van der Waals surface area contributed by atoms with Gasteiger partial charge in [-0.25, -0.2) is 0 Å². The Bertz CT molecular complexity index is 3510. The van der Waals surface area contributed by atoms with Gasteiger partial charge in [0.15, 0.2) is 34.7 Å². The van der Waals surface area contributed by atoms with Crippen molar-refractivity contribution in [1.29, 1.82) is 0 Å². The average molecular weight is 1670 g/mol. The molecule has 1 aliphatic rings. The fourth-order valence-electron chi connectivity index (χ4n) is 12.4. The number of carbonyl (C=O) groups is 23. The largest absolute Gasteiger partial charge is 0.481 e. The smallest absolute Gasteiger partial charge is 0.303 e. The van der Waals surface area contributed by atoms with E-state index >= 15 is 0 Å². The normalized spacial score (nSPS) is 15.3. The first-order valence-corrected chi connectivity index (χ1v) is 39.4. The first-order valence-electron chi connectivity index (χ1n) is 38.0. The highest BCUT2D eigenvalue weighted by Crippen LogP contribution is 2.25. The minimum atomic E-state index is -2.00. The van der Waals surface area contributed by atoms with Crippen LogP contribution in [-0.2, 0) is 115 Å². The standard InChI is InChI=1S/C74H110N8O33S/c1-5-52(83)50(38-116-4)76-59(90)20-19-54(85)49(32-39(2)3)81-74(114)51-8-6-30-82(51)60(91)37-115-31-7-9-53(84)45(15-26-66(102)103)77-71(111)41(11-22-62(94)95)34-56(87)47(17-28-68(106)107)79-73(113)43(13-24-64(98)99)36-58(89)48(18-29-69(108)109)80-72(112)42(12-23-63(96)97)35-57(88)46(16-27-67(104)105)78-70(110)40(10-21-61(92)93)33-55(86)44(75)14-25-65(100)101/h39-51H,5-38,75H2,1-4H3,(H,76,90)(H,77,111)(H,78,110)(H,79,113)(H,80,112)(H,81,114)(H,92,93)(H,94,95)(H,96,97)(H,98,99)(H,100,101)(H,102,103)(H,104,105)(H,106,107)(H,108,109)/t40-,41-,42-,43-,44+,45+,46+,47+,48+,49+,50-,51-/m0/s1. The summed E-state index contributed by atoms with van der Waals surface area (Å²) in [7, 11) is 0. The summed E-state index contributed by atoms with van der Waals surface area (Å²) in [5.41, 5.74) is 5.81. The Morgan fingerprint density at radius 1 is 0.397 bits per heavy atom. The summed E-state index contributed by atoms with van der Waals surface area (Å²) in [6.07, 6.45) is -15.8. The average Bonchev–Trinajstić information content (AvgIpc) is 1.59. The third-order valence-corrected chi connectivity index (χ3v) is 19.5. The summed E-state index contributed by atoms with van der Waals surface area (Å²) in [5.74, 6) is -33.1. The van der Waals surface area contributed by atoms with Crippen LogP contribution in [0.25, 0.3) is 0 Å². The van der Waals surface area contributed by atoms with E-state index < -0.39 is 356 Å². The molecule has 12 atom stereocenters. The van der Waals surface area contributed by atoms with Crippen LogP contribution in [0.5, 0.6) is 0 Å². The molecule has 0 aliphatic carbocycles. The van der Waals surface area contributed by atoms with Gasteiger partial charge in [0.05, 0.1) is 42.3 Å². The first-order chi connectivity index (χ1) is 54.4. The SMILES string of the molecule is CCC(=O)[C@H](CSC)NC(=O)CCC(=O)[C@@H](CC(C)C)NC(=O)[C@@H]1CCCN1C(=O)COCCCC(=O)[C@@H](CCC(=O)O)NC(=O)[C@@H](CCC(=O)O)CC(=O)[C@@H](CCC(=O)O)NC(=O)[C@@H](CCC(=O)O)CC(=O)[C@@H](CCC(=O)O)NC(=O)[C@@H](CCC(=O)O)CC(=O)[C@@H](CCC(=O)O)NC(=O)[C@@H](CCC(=O)O)CC(=O)[C@H](N)CCC(=O)O. The summed E-state index contributed by atoms with van der Waals surface area (Å²) in [6.45, 7) is 4.55. The van der Waals surface area contributed by atoms with Crippen LogP contribution in [0, 0.1) is 29.6 Å². The van der Waals surface area contributed by atoms with Gasteiger partial charge in [0.1, 0.15) is 18.4 Å². The number of Topliss-reactive ketones (excluding diaryl/α,β-unsaturated/α-hetero) is 7. The number of amides is 7. The minimum Gasteiger partial charge on any atom is -0.481 e. The Kier molecular flexibility index (Phi) is 49.2. The van der Waals surface area contributed by atoms with Gasteiger partial charge in [-0.2, -0.15) is 11.8 Å². The number of ether oxygens (including phenoxy) is 1. The van der Waals surface area contributed by atoms with E-state index in [9.17, 15) is 151 Å². The predicted molar refractivity (Wildman–Crippen MR) is 401 cm³/mol. The lowest BCUT2D eigenvalue weighted by Crippen LogP contribution is -2.52. The number of hydrogen-bond acceptors (Lipinski definition) is 26. The molecule has 116 heavy (non-hydrogen) atoms. The molecule has 42 heteroatoms. The molecule has 650 valence electrons. The lowest BCUT2D eigenvalue weighted by molar-refractivity contribution is -0.142. The van der Waals surface area contributed by atoms with Gasteiger partial charge in [0.25, 0.3) is 0 Å². The van der Waals surface area contributed by atoms with Crippen LogP contribution in [0.3, 0.4) is 0 Å². The number of thioether (sulfide) groups is 1. The number of nitrogens with zero attached hydrogens (tertiary/aromatic N) is 1. The highest BCUT2D eigenvalue weighted by molar-refractivity contribution is 7.98. The van der Waals surface area contributed by atoms with Crippen molar-refractivity contribution in [3.8, 4) is 0 Å². The summed E-state index contributed by atoms with van der Waals surface area (Å²) in [5, 5.41) is 100. The Hall–Kier alpha value is -10.5. The van der Waals surface area contributed by atoms with Crippen LogP contribution in [-0.4, -0.2) is 267 Å². The maximum absolute atomic E-state index is 14.4. The molecule has 0 spiro atoms. The van der Waals surface area contributed by atoms with E-state index in [0.717, 1.165) is 0 Å². The van der Waals surface area contributed by atoms with Crippen LogP contribution in [0.1, 0.15) is 213 Å². The molecule has 0 aromatic rings. The maximum Gasteiger partial charge on any atom is 0.303 e. The molecule has 0 bridgehead atoms. The van der Waals surface area contributed by atoms with Crippen molar-refractivity contribution in [2.45, 2.75) is 262 Å². The van der Waals surface area contributed by atoms with Crippen molar-refractivity contribution < 1.29 is 161 Å². The quantitative estimate of drug-likeness (QED) is 0.0367. The molecule has 0 unspecified atom stereocenters. The van der Waals surface area contributed by atoms with Gasteiger partial charge in [0.2, 0.25) is 41.4 Å². The number of nitrogens with two attached hydrogens (primary N) is 1. The van der Waals surface area contributed by atoms with E-state index in [1.54, 1.807) is 13.2 Å². The van der Waals surface area contributed by atoms with Gasteiger partial charge in [0, 0.05) is 152 Å². The van der Waals surface area contributed by atoms with Crippen molar-refractivity contribution in [2.75, 3.05) is 31.8 Å². The third kappa shape index (κ3) is 43.3. The zero-order valence-electron chi connectivity index (χ0n) is 65.3. The van der Waals surface area contributed by atoms with Crippen LogP contribution in [0.15, 0.2) is 0 Å². The van der Waals surface area contributed by atoms with Gasteiger partial charge >= 0.3 is 53.7 Å². The second-order valence-electron chi connectivity index (χ2n) is 28.6. The van der Waals surface area contributed by atoms with Crippen LogP contribution in [0.2, 0.25) is 0 Å². The number of carbonyl (C=O) groups excluding carboxylic acids is 14. The van der Waals surface area contributed by atoms with E-state index in [2.05, 4.69) is 31.9 Å². The van der Waals surface area contributed by atoms with E-state index in [-0.39, 0.29) is 63.4 Å². The Morgan fingerprint density at radius 2 is 0.733 bits per heavy atom. The topological polar surface area (TPSA) is 685 Å². The highest BCUT2D eigenvalue weighted by atomic mass is 32.2. The Morgan fingerprint density at radius 3 is 1.08 bits per heavy atom. The molecule has 17 N–H and O–H groups in total. The van der Waals surface area contributed by atoms with Gasteiger partial charge < -0.3 is 93.2 Å². The van der Waals surface area contributed by atoms with Gasteiger partial charge in [-0.1, -0.05) is 20.8 Å². The van der Waals surface area contributed by atoms with Gasteiger partial charge in [-0.15, -0.1) is 0 Å². The fourth-order valence-corrected chi connectivity index (χ4v) is 13.0. The molecular weight excluding hydrogens is 1560 g/mol. The van der Waals surface area contributed by atoms with E-state index in [0.29, 0.717) is 12.2 Å². The number of nitrogens with one attached hydrogen (secondary N) is 6. The second kappa shape index (κ2) is 55.1. The number of likely N-dealkylation sites (tertiary alicyclic amines) is 1. The summed E-state index contributed by atoms with van der Waals surface area (Å²) < 4.78 is 5.56. The number of hydrogen-bond donors (Lipinski definition) is 16. The van der Waals surface area contributed by atoms with Crippen molar-refractivity contribution in [3.63, 3.8) is 0 Å². The molecule has 1 rings (SSSR count). The van der Waals surface area contributed by atoms with Crippen LogP contribution < -0.4 is 37.6 Å². The lowest BCUT2D eigenvalue weighted by Gasteiger charge is -2.27. The number of ketones is 7. The van der Waals surface area contributed by atoms with Crippen molar-refractivity contribution in [1.82, 2.24) is 36.8 Å². The van der Waals surface area contributed by atoms with E-state index in [1.165, 1.54) is 16.7 Å². The molecule has 1 saturated heterocycles. The number of carboxylic acid groups (broad SMARTS) is 9. The monoisotopic (exact) mass is 1670 g/mol. The Balaban J connectivity index is 3.53. The molecule has 1 heterocycles. The van der Waals surface area contributed by atoms with Crippen molar-refractivity contribution >= 4 is 147 Å². The highest BCUT2D eigenvalue weighted by Gasteiger charge is 2.40. The third-order valence-electron chi connectivity index (χ3n) is 18.8. The maximum atomic E-state index is 14.4. The lowest BCUT2D eigenvalue weighted by atomic mass is 9.88. The molecule has 1 fully saturated rings. The molecule has 0 aromatic carbocycles. The summed E-state index contributed by atoms with van der Waals surface area (Å²) in [6, 6.07) is -11.7. The number of aliphatic carboxylic acids is 9. The molecular formula is C74H110N8O33S. The Labute approximate surface area is 671 Å². The van der Waals surface area contributed by atoms with E-state index in [1.807, 2.05) is 13.8 Å².